The summed E-state index contributed by atoms with van der Waals surface area (Å²) < 4.78 is 1.76. The number of carbonyl (C=O) groups is 1. The lowest BCUT2D eigenvalue weighted by Gasteiger charge is -2.31. The van der Waals surface area contributed by atoms with Gasteiger partial charge in [0.15, 0.2) is 5.82 Å². The molecule has 6 nitrogen and oxygen atoms in total. The first kappa shape index (κ1) is 15.4. The molecule has 1 aromatic heterocycles. The number of hydrogen-bond donors (Lipinski definition) is 1. The molecule has 2 aromatic carbocycles. The Bertz CT molecular complexity index is 905. The summed E-state index contributed by atoms with van der Waals surface area (Å²) in [5, 5.41) is 14.0. The van der Waals surface area contributed by atoms with Crippen LogP contribution in [0.3, 0.4) is 0 Å². The van der Waals surface area contributed by atoms with Crippen LogP contribution in [0.4, 0.5) is 5.69 Å². The molecular weight excluding hydrogens is 316 g/mol. The number of hydrogen-bond acceptors (Lipinski definition) is 4. The van der Waals surface area contributed by atoms with Crippen LogP contribution in [-0.2, 0) is 13.0 Å². The van der Waals surface area contributed by atoms with Crippen LogP contribution in [0.2, 0.25) is 0 Å². The van der Waals surface area contributed by atoms with E-state index in [4.69, 9.17) is 0 Å². The highest BCUT2D eigenvalue weighted by molar-refractivity contribution is 5.91. The largest absolute Gasteiger partial charge is 0.478 e. The second kappa shape index (κ2) is 6.39. The quantitative estimate of drug-likeness (QED) is 0.794. The average Bonchev–Trinajstić information content (AvgIpc) is 3.11. The van der Waals surface area contributed by atoms with Crippen molar-refractivity contribution < 1.29 is 9.90 Å². The Morgan fingerprint density at radius 2 is 1.96 bits per heavy atom. The summed E-state index contributed by atoms with van der Waals surface area (Å²) in [7, 11) is 0. The summed E-state index contributed by atoms with van der Waals surface area (Å²) in [4.78, 5) is 18.0. The second-order valence-corrected chi connectivity index (χ2v) is 6.07. The van der Waals surface area contributed by atoms with Crippen molar-refractivity contribution >= 4 is 11.7 Å². The Morgan fingerprint density at radius 3 is 2.76 bits per heavy atom. The Kier molecular flexibility index (Phi) is 3.93. The molecule has 126 valence electrons. The molecule has 0 bridgehead atoms. The lowest BCUT2D eigenvalue weighted by molar-refractivity contribution is 0.0695. The van der Waals surface area contributed by atoms with E-state index in [9.17, 15) is 9.90 Å². The highest BCUT2D eigenvalue weighted by Gasteiger charge is 2.22. The van der Waals surface area contributed by atoms with Gasteiger partial charge in [0.1, 0.15) is 6.33 Å². The molecule has 0 fully saturated rings. The first-order valence-electron chi connectivity index (χ1n) is 8.28. The van der Waals surface area contributed by atoms with Gasteiger partial charge in [-0.05, 0) is 42.7 Å². The molecule has 0 unspecified atom stereocenters. The normalized spacial score (nSPS) is 13.5. The van der Waals surface area contributed by atoms with Crippen LogP contribution in [0.5, 0.6) is 0 Å². The van der Waals surface area contributed by atoms with E-state index in [2.05, 4.69) is 15.0 Å². The molecule has 4 rings (SSSR count). The molecule has 1 aliphatic heterocycles. The van der Waals surface area contributed by atoms with Crippen molar-refractivity contribution in [2.45, 2.75) is 19.4 Å². The summed E-state index contributed by atoms with van der Waals surface area (Å²) in [6.45, 7) is 1.44. The highest BCUT2D eigenvalue weighted by Crippen LogP contribution is 2.30. The number of anilines is 1. The fourth-order valence-electron chi connectivity index (χ4n) is 3.31. The molecule has 0 amide bonds. The van der Waals surface area contributed by atoms with E-state index in [1.165, 1.54) is 0 Å². The number of aromatic carboxylic acids is 1. The summed E-state index contributed by atoms with van der Waals surface area (Å²) in [6.07, 6.45) is 3.43. The van der Waals surface area contributed by atoms with E-state index in [1.807, 2.05) is 36.4 Å². The third-order valence-corrected chi connectivity index (χ3v) is 4.47. The minimum Gasteiger partial charge on any atom is -0.478 e. The molecule has 0 atom stereocenters. The lowest BCUT2D eigenvalue weighted by atomic mass is 9.96. The predicted octanol–water partition coefficient (Wildman–Crippen LogP) is 2.92. The zero-order chi connectivity index (χ0) is 17.2. The van der Waals surface area contributed by atoms with E-state index >= 15 is 0 Å². The minimum atomic E-state index is -0.870. The molecule has 2 heterocycles. The fourth-order valence-corrected chi connectivity index (χ4v) is 3.31. The van der Waals surface area contributed by atoms with Crippen LogP contribution in [0.25, 0.3) is 5.69 Å². The second-order valence-electron chi connectivity index (χ2n) is 6.07. The number of fused-ring (bicyclic) bond motifs is 1. The average molecular weight is 334 g/mol. The van der Waals surface area contributed by atoms with Crippen molar-refractivity contribution in [2.24, 2.45) is 0 Å². The maximum atomic E-state index is 11.5. The zero-order valence-electron chi connectivity index (χ0n) is 13.7. The van der Waals surface area contributed by atoms with Gasteiger partial charge in [-0.3, -0.25) is 0 Å². The van der Waals surface area contributed by atoms with Gasteiger partial charge in [0, 0.05) is 12.2 Å². The van der Waals surface area contributed by atoms with Gasteiger partial charge >= 0.3 is 5.97 Å². The molecular formula is C19H18N4O2. The van der Waals surface area contributed by atoms with E-state index in [1.54, 1.807) is 23.1 Å². The third kappa shape index (κ3) is 2.98. The Hall–Kier alpha value is -3.15. The van der Waals surface area contributed by atoms with Gasteiger partial charge in [-0.25, -0.2) is 14.5 Å². The number of carboxylic acid groups (broad SMARTS) is 1. The first-order chi connectivity index (χ1) is 12.2. The number of carboxylic acids is 1. The van der Waals surface area contributed by atoms with Gasteiger partial charge in [0.25, 0.3) is 0 Å². The smallest absolute Gasteiger partial charge is 0.336 e. The number of rotatable bonds is 4. The van der Waals surface area contributed by atoms with E-state index in [0.29, 0.717) is 12.1 Å². The zero-order valence-corrected chi connectivity index (χ0v) is 13.7. The van der Waals surface area contributed by atoms with Gasteiger partial charge in [-0.15, -0.1) is 5.10 Å². The van der Waals surface area contributed by atoms with Crippen LogP contribution in [0, 0.1) is 0 Å². The Labute approximate surface area is 145 Å². The van der Waals surface area contributed by atoms with Crippen molar-refractivity contribution in [2.75, 3.05) is 11.4 Å². The summed E-state index contributed by atoms with van der Waals surface area (Å²) in [5.41, 5.74) is 3.24. The van der Waals surface area contributed by atoms with Crippen molar-refractivity contribution in [3.8, 4) is 5.69 Å². The fraction of sp³-hybridized carbons (Fsp3) is 0.211. The van der Waals surface area contributed by atoms with Crippen LogP contribution < -0.4 is 4.90 Å². The molecule has 0 radical (unpaired) electrons. The molecule has 3 aromatic rings. The van der Waals surface area contributed by atoms with Gasteiger partial charge in [0.2, 0.25) is 0 Å². The number of para-hydroxylation sites is 1. The Balaban J connectivity index is 1.60. The molecule has 0 saturated heterocycles. The SMILES string of the molecule is O=C(O)c1cccc2c1CCCN2Cc1ncn(-c2ccccc2)n1. The molecule has 0 saturated carbocycles. The van der Waals surface area contributed by atoms with Crippen LogP contribution in [0.15, 0.2) is 54.9 Å². The maximum absolute atomic E-state index is 11.5. The number of nitrogens with zero attached hydrogens (tertiary/aromatic N) is 4. The summed E-state index contributed by atoms with van der Waals surface area (Å²) in [6, 6.07) is 15.3. The monoisotopic (exact) mass is 334 g/mol. The van der Waals surface area contributed by atoms with Gasteiger partial charge in [-0.2, -0.15) is 0 Å². The minimum absolute atomic E-state index is 0.393. The van der Waals surface area contributed by atoms with Crippen molar-refractivity contribution in [1.82, 2.24) is 14.8 Å². The molecule has 1 N–H and O–H groups in total. The molecule has 0 aliphatic carbocycles. The van der Waals surface area contributed by atoms with Crippen molar-refractivity contribution in [3.05, 3.63) is 71.8 Å². The maximum Gasteiger partial charge on any atom is 0.336 e. The van der Waals surface area contributed by atoms with Gasteiger partial charge in [-0.1, -0.05) is 24.3 Å². The van der Waals surface area contributed by atoms with Gasteiger partial charge in [0.05, 0.1) is 17.8 Å². The molecule has 25 heavy (non-hydrogen) atoms. The first-order valence-corrected chi connectivity index (χ1v) is 8.28. The summed E-state index contributed by atoms with van der Waals surface area (Å²) >= 11 is 0. The summed E-state index contributed by atoms with van der Waals surface area (Å²) in [5.74, 6) is -0.150. The Morgan fingerprint density at radius 1 is 1.12 bits per heavy atom. The van der Waals surface area contributed by atoms with Crippen molar-refractivity contribution in [1.29, 1.82) is 0 Å². The number of aromatic nitrogens is 3. The van der Waals surface area contributed by atoms with Crippen molar-refractivity contribution in [3.63, 3.8) is 0 Å². The topological polar surface area (TPSA) is 71.2 Å². The predicted molar refractivity (Wildman–Crippen MR) is 94.1 cm³/mol. The molecule has 6 heteroatoms. The number of benzene rings is 2. The lowest BCUT2D eigenvalue weighted by Crippen LogP contribution is -2.30. The van der Waals surface area contributed by atoms with Crippen LogP contribution in [0.1, 0.15) is 28.2 Å². The standard InChI is InChI=1S/C19H18N4O2/c24-19(25)16-8-4-10-17-15(16)9-5-11-22(17)12-18-20-13-23(21-18)14-6-2-1-3-7-14/h1-4,6-8,10,13H,5,9,11-12H2,(H,24,25). The third-order valence-electron chi connectivity index (χ3n) is 4.47. The van der Waals surface area contributed by atoms with E-state index in [-0.39, 0.29) is 0 Å². The molecule has 1 aliphatic rings. The van der Waals surface area contributed by atoms with Crippen LogP contribution in [-0.4, -0.2) is 32.4 Å². The van der Waals surface area contributed by atoms with E-state index in [0.717, 1.165) is 42.1 Å². The van der Waals surface area contributed by atoms with Gasteiger partial charge < -0.3 is 10.0 Å². The highest BCUT2D eigenvalue weighted by atomic mass is 16.4. The van der Waals surface area contributed by atoms with Crippen LogP contribution >= 0.6 is 0 Å². The van der Waals surface area contributed by atoms with E-state index < -0.39 is 5.97 Å². The molecule has 0 spiro atoms.